The van der Waals surface area contributed by atoms with E-state index < -0.39 is 5.97 Å². The third kappa shape index (κ3) is 1.61. The summed E-state index contributed by atoms with van der Waals surface area (Å²) in [4.78, 5) is 11.3. The summed E-state index contributed by atoms with van der Waals surface area (Å²) in [5.41, 5.74) is 5.90. The summed E-state index contributed by atoms with van der Waals surface area (Å²) in [6.07, 6.45) is 0. The number of methoxy groups -OCH3 is 1. The van der Waals surface area contributed by atoms with Crippen LogP contribution in [0.15, 0.2) is 4.21 Å². The monoisotopic (exact) mass is 214 g/mol. The van der Waals surface area contributed by atoms with Crippen LogP contribution in [-0.4, -0.2) is 13.1 Å². The van der Waals surface area contributed by atoms with Crippen molar-refractivity contribution in [2.24, 2.45) is 0 Å². The maximum atomic E-state index is 11.1. The van der Waals surface area contributed by atoms with Gasteiger partial charge in [0.15, 0.2) is 0 Å². The number of nitriles is 1. The van der Waals surface area contributed by atoms with Crippen molar-refractivity contribution in [2.75, 3.05) is 12.8 Å². The predicted molar refractivity (Wildman–Crippen MR) is 52.0 cm³/mol. The van der Waals surface area contributed by atoms with Crippen molar-refractivity contribution >= 4 is 35.6 Å². The number of hydrogen-bond acceptors (Lipinski definition) is 6. The quantitative estimate of drug-likeness (QED) is 0.545. The number of anilines is 1. The maximum absolute atomic E-state index is 11.1. The Bertz CT molecular complexity index is 392. The molecule has 68 valence electrons. The van der Waals surface area contributed by atoms with E-state index in [1.165, 1.54) is 7.11 Å². The van der Waals surface area contributed by atoms with Gasteiger partial charge in [-0.1, -0.05) is 0 Å². The largest absolute Gasteiger partial charge is 0.465 e. The van der Waals surface area contributed by atoms with Crippen molar-refractivity contribution in [3.05, 3.63) is 10.4 Å². The van der Waals surface area contributed by atoms with Crippen LogP contribution in [0.5, 0.6) is 0 Å². The van der Waals surface area contributed by atoms with E-state index in [-0.39, 0.29) is 16.1 Å². The molecule has 0 amide bonds. The van der Waals surface area contributed by atoms with E-state index >= 15 is 0 Å². The standard InChI is InChI=1S/C7H6N2O2S2/c1-11-6(10)5-4(9)3(2-8)7(12)13-5/h12H,9H2,1H3. The molecule has 0 aromatic carbocycles. The van der Waals surface area contributed by atoms with Gasteiger partial charge < -0.3 is 10.5 Å². The molecule has 2 N–H and O–H groups in total. The van der Waals surface area contributed by atoms with Crippen molar-refractivity contribution in [3.63, 3.8) is 0 Å². The zero-order chi connectivity index (χ0) is 10.0. The number of hydrogen-bond donors (Lipinski definition) is 2. The van der Waals surface area contributed by atoms with Crippen LogP contribution >= 0.6 is 24.0 Å². The second-order valence-electron chi connectivity index (χ2n) is 2.13. The SMILES string of the molecule is COC(=O)c1sc(S)c(C#N)c1N. The van der Waals surface area contributed by atoms with Gasteiger partial charge in [-0.05, 0) is 0 Å². The molecule has 0 aliphatic carbocycles. The van der Waals surface area contributed by atoms with Gasteiger partial charge in [-0.15, -0.1) is 24.0 Å². The fourth-order valence-corrected chi connectivity index (χ4v) is 2.06. The third-order valence-electron chi connectivity index (χ3n) is 1.41. The molecule has 1 aromatic rings. The molecule has 4 nitrogen and oxygen atoms in total. The molecule has 1 aromatic heterocycles. The summed E-state index contributed by atoms with van der Waals surface area (Å²) < 4.78 is 4.91. The van der Waals surface area contributed by atoms with Gasteiger partial charge >= 0.3 is 5.97 Å². The maximum Gasteiger partial charge on any atom is 0.350 e. The van der Waals surface area contributed by atoms with Crippen LogP contribution in [0.25, 0.3) is 0 Å². The number of thiophene rings is 1. The first-order chi connectivity index (χ1) is 6.11. The molecule has 1 heterocycles. The Kier molecular flexibility index (Phi) is 2.80. The summed E-state index contributed by atoms with van der Waals surface area (Å²) in [7, 11) is 1.26. The highest BCUT2D eigenvalue weighted by molar-refractivity contribution is 7.83. The van der Waals surface area contributed by atoms with E-state index in [9.17, 15) is 4.79 Å². The lowest BCUT2D eigenvalue weighted by Crippen LogP contribution is -2.02. The summed E-state index contributed by atoms with van der Waals surface area (Å²) >= 11 is 5.05. The number of thiol groups is 1. The van der Waals surface area contributed by atoms with Crippen molar-refractivity contribution < 1.29 is 9.53 Å². The number of nitrogens with zero attached hydrogens (tertiary/aromatic N) is 1. The van der Waals surface area contributed by atoms with Crippen molar-refractivity contribution in [3.8, 4) is 6.07 Å². The number of nitrogens with two attached hydrogens (primary N) is 1. The van der Waals surface area contributed by atoms with Gasteiger partial charge in [0.1, 0.15) is 16.5 Å². The smallest absolute Gasteiger partial charge is 0.350 e. The van der Waals surface area contributed by atoms with E-state index in [1.54, 1.807) is 0 Å². The molecule has 0 unspecified atom stereocenters. The predicted octanol–water partition coefficient (Wildman–Crippen LogP) is 1.28. The minimum absolute atomic E-state index is 0.143. The van der Waals surface area contributed by atoms with Gasteiger partial charge in [-0.3, -0.25) is 0 Å². The molecular weight excluding hydrogens is 208 g/mol. The molecular formula is C7H6N2O2S2. The highest BCUT2D eigenvalue weighted by Gasteiger charge is 2.19. The topological polar surface area (TPSA) is 76.1 Å². The van der Waals surface area contributed by atoms with Crippen LogP contribution in [0.1, 0.15) is 15.2 Å². The zero-order valence-corrected chi connectivity index (χ0v) is 8.41. The van der Waals surface area contributed by atoms with Gasteiger partial charge in [-0.2, -0.15) is 5.26 Å². The first kappa shape index (κ1) is 9.89. The molecule has 0 spiro atoms. The van der Waals surface area contributed by atoms with Gasteiger partial charge in [-0.25, -0.2) is 4.79 Å². The molecule has 1 rings (SSSR count). The van der Waals surface area contributed by atoms with Gasteiger partial charge in [0.05, 0.1) is 17.0 Å². The first-order valence-corrected chi connectivity index (χ1v) is 4.47. The van der Waals surface area contributed by atoms with Crippen LogP contribution < -0.4 is 5.73 Å². The number of rotatable bonds is 1. The van der Waals surface area contributed by atoms with E-state index in [0.717, 1.165) is 11.3 Å². The molecule has 0 radical (unpaired) electrons. The second-order valence-corrected chi connectivity index (χ2v) is 3.90. The van der Waals surface area contributed by atoms with Gasteiger partial charge in [0, 0.05) is 0 Å². The lowest BCUT2D eigenvalue weighted by Gasteiger charge is -1.95. The normalized spacial score (nSPS) is 9.31. The summed E-state index contributed by atoms with van der Waals surface area (Å²) in [5, 5.41) is 8.64. The van der Waals surface area contributed by atoms with Crippen LogP contribution in [0, 0.1) is 11.3 Å². The molecule has 0 aliphatic heterocycles. The fourth-order valence-electron chi connectivity index (χ4n) is 0.784. The number of esters is 1. The van der Waals surface area contributed by atoms with Crippen LogP contribution in [0.4, 0.5) is 5.69 Å². The molecule has 0 saturated carbocycles. The number of ether oxygens (including phenoxy) is 1. The van der Waals surface area contributed by atoms with Crippen molar-refractivity contribution in [1.82, 2.24) is 0 Å². The average molecular weight is 214 g/mol. The molecule has 0 saturated heterocycles. The van der Waals surface area contributed by atoms with E-state index in [1.807, 2.05) is 6.07 Å². The molecule has 0 bridgehead atoms. The molecule has 6 heteroatoms. The number of carbonyl (C=O) groups excluding carboxylic acids is 1. The Labute approximate surface area is 84.3 Å². The summed E-state index contributed by atoms with van der Waals surface area (Å²) in [6, 6.07) is 1.86. The minimum Gasteiger partial charge on any atom is -0.465 e. The lowest BCUT2D eigenvalue weighted by molar-refractivity contribution is 0.0607. The number of carbonyl (C=O) groups is 1. The Hall–Kier alpha value is -1.19. The first-order valence-electron chi connectivity index (χ1n) is 3.21. The molecule has 0 fully saturated rings. The highest BCUT2D eigenvalue weighted by atomic mass is 32.2. The van der Waals surface area contributed by atoms with Gasteiger partial charge in [0.25, 0.3) is 0 Å². The third-order valence-corrected chi connectivity index (χ3v) is 2.89. The highest BCUT2D eigenvalue weighted by Crippen LogP contribution is 2.33. The molecule has 0 aliphatic rings. The van der Waals surface area contributed by atoms with Crippen LogP contribution in [0.2, 0.25) is 0 Å². The average Bonchev–Trinajstić information content (AvgIpc) is 2.40. The van der Waals surface area contributed by atoms with Crippen molar-refractivity contribution in [2.45, 2.75) is 4.21 Å². The van der Waals surface area contributed by atoms with E-state index in [0.29, 0.717) is 4.21 Å². The molecule has 13 heavy (non-hydrogen) atoms. The number of nitrogen functional groups attached to an aromatic ring is 1. The Morgan fingerprint density at radius 3 is 2.77 bits per heavy atom. The Morgan fingerprint density at radius 2 is 2.38 bits per heavy atom. The zero-order valence-electron chi connectivity index (χ0n) is 6.70. The molecule has 0 atom stereocenters. The Balaban J connectivity index is 3.28. The van der Waals surface area contributed by atoms with Crippen molar-refractivity contribution in [1.29, 1.82) is 5.26 Å². The van der Waals surface area contributed by atoms with E-state index in [2.05, 4.69) is 17.4 Å². The van der Waals surface area contributed by atoms with E-state index in [4.69, 9.17) is 11.0 Å². The van der Waals surface area contributed by atoms with Crippen LogP contribution in [0.3, 0.4) is 0 Å². The van der Waals surface area contributed by atoms with Crippen LogP contribution in [-0.2, 0) is 4.74 Å². The summed E-state index contributed by atoms with van der Waals surface area (Å²) in [5.74, 6) is -0.542. The summed E-state index contributed by atoms with van der Waals surface area (Å²) in [6.45, 7) is 0. The Morgan fingerprint density at radius 1 is 1.77 bits per heavy atom. The minimum atomic E-state index is -0.542. The van der Waals surface area contributed by atoms with Gasteiger partial charge in [0.2, 0.25) is 0 Å². The second kappa shape index (κ2) is 3.68. The lowest BCUT2D eigenvalue weighted by atomic mass is 10.3. The fraction of sp³-hybridized carbons (Fsp3) is 0.143.